The van der Waals surface area contributed by atoms with Crippen molar-refractivity contribution in [2.75, 3.05) is 13.7 Å². The summed E-state index contributed by atoms with van der Waals surface area (Å²) in [4.78, 5) is 15.4. The van der Waals surface area contributed by atoms with Gasteiger partial charge < -0.3 is 4.74 Å². The van der Waals surface area contributed by atoms with Crippen LogP contribution in [-0.4, -0.2) is 33.0 Å². The van der Waals surface area contributed by atoms with E-state index < -0.39 is 21.8 Å². The topological polar surface area (TPSA) is 85.4 Å². The maximum absolute atomic E-state index is 11.8. The Morgan fingerprint density at radius 1 is 1.53 bits per heavy atom. The highest BCUT2D eigenvalue weighted by Gasteiger charge is 2.20. The molecule has 1 heterocycles. The standard InChI is InChI=1S/C11H15ClN2O4S/c1-8(6-18-2)11(15)14-19(16,17)7-9-3-4-10(12)13-5-9/h3-5,8H,6-7H2,1-2H3,(H,14,15)/t8-/m1/s1. The van der Waals surface area contributed by atoms with Gasteiger partial charge in [-0.15, -0.1) is 0 Å². The lowest BCUT2D eigenvalue weighted by atomic mass is 10.2. The van der Waals surface area contributed by atoms with Gasteiger partial charge in [0.1, 0.15) is 5.15 Å². The number of aromatic nitrogens is 1. The molecule has 1 atom stereocenters. The molecule has 19 heavy (non-hydrogen) atoms. The first-order chi connectivity index (χ1) is 8.84. The zero-order chi connectivity index (χ0) is 14.5. The molecular formula is C11H15ClN2O4S. The normalized spacial score (nSPS) is 13.0. The fourth-order valence-corrected chi connectivity index (χ4v) is 2.63. The Morgan fingerprint density at radius 3 is 2.74 bits per heavy atom. The second-order valence-electron chi connectivity index (χ2n) is 4.07. The van der Waals surface area contributed by atoms with E-state index in [9.17, 15) is 13.2 Å². The Bertz CT molecular complexity index is 530. The lowest BCUT2D eigenvalue weighted by Gasteiger charge is -2.11. The van der Waals surface area contributed by atoms with E-state index >= 15 is 0 Å². The van der Waals surface area contributed by atoms with Crippen molar-refractivity contribution in [2.24, 2.45) is 5.92 Å². The van der Waals surface area contributed by atoms with Crippen LogP contribution < -0.4 is 4.72 Å². The van der Waals surface area contributed by atoms with Crippen LogP contribution >= 0.6 is 11.6 Å². The molecule has 1 rings (SSSR count). The Kier molecular flexibility index (Phi) is 5.71. The van der Waals surface area contributed by atoms with Gasteiger partial charge in [-0.3, -0.25) is 9.52 Å². The fourth-order valence-electron chi connectivity index (χ4n) is 1.33. The molecule has 0 spiro atoms. The number of carbonyl (C=O) groups is 1. The van der Waals surface area contributed by atoms with Crippen LogP contribution in [0.4, 0.5) is 0 Å². The first kappa shape index (κ1) is 15.9. The molecule has 1 amide bonds. The number of carbonyl (C=O) groups excluding carboxylic acids is 1. The first-order valence-electron chi connectivity index (χ1n) is 5.48. The van der Waals surface area contributed by atoms with Crippen molar-refractivity contribution in [3.05, 3.63) is 29.0 Å². The molecule has 0 bridgehead atoms. The second-order valence-corrected chi connectivity index (χ2v) is 6.18. The van der Waals surface area contributed by atoms with E-state index in [0.717, 1.165) is 0 Å². The maximum Gasteiger partial charge on any atom is 0.239 e. The zero-order valence-corrected chi connectivity index (χ0v) is 12.2. The lowest BCUT2D eigenvalue weighted by molar-refractivity contribution is -0.124. The number of nitrogens with one attached hydrogen (secondary N) is 1. The van der Waals surface area contributed by atoms with Crippen molar-refractivity contribution >= 4 is 27.5 Å². The summed E-state index contributed by atoms with van der Waals surface area (Å²) in [6.07, 6.45) is 1.35. The van der Waals surface area contributed by atoms with E-state index in [0.29, 0.717) is 5.56 Å². The van der Waals surface area contributed by atoms with Gasteiger partial charge in [-0.2, -0.15) is 0 Å². The predicted octanol–water partition coefficient (Wildman–Crippen LogP) is 0.964. The third kappa shape index (κ3) is 5.54. The summed E-state index contributed by atoms with van der Waals surface area (Å²) in [6, 6.07) is 3.03. The summed E-state index contributed by atoms with van der Waals surface area (Å²) in [7, 11) is -2.31. The summed E-state index contributed by atoms with van der Waals surface area (Å²) >= 11 is 5.60. The Labute approximate surface area is 117 Å². The average molecular weight is 307 g/mol. The largest absolute Gasteiger partial charge is 0.384 e. The number of hydrogen-bond donors (Lipinski definition) is 1. The number of hydrogen-bond acceptors (Lipinski definition) is 5. The number of sulfonamides is 1. The minimum absolute atomic E-state index is 0.157. The van der Waals surface area contributed by atoms with Gasteiger partial charge in [-0.25, -0.2) is 13.4 Å². The Hall–Kier alpha value is -1.18. The minimum Gasteiger partial charge on any atom is -0.384 e. The van der Waals surface area contributed by atoms with Crippen molar-refractivity contribution in [1.82, 2.24) is 9.71 Å². The van der Waals surface area contributed by atoms with Gasteiger partial charge >= 0.3 is 0 Å². The molecule has 0 saturated heterocycles. The number of rotatable bonds is 6. The van der Waals surface area contributed by atoms with Crippen LogP contribution in [0.2, 0.25) is 5.15 Å². The zero-order valence-electron chi connectivity index (χ0n) is 10.6. The van der Waals surface area contributed by atoms with Crippen LogP contribution in [0.1, 0.15) is 12.5 Å². The molecule has 0 unspecified atom stereocenters. The van der Waals surface area contributed by atoms with Crippen LogP contribution in [0.5, 0.6) is 0 Å². The third-order valence-corrected chi connectivity index (χ3v) is 3.71. The van der Waals surface area contributed by atoms with Crippen LogP contribution in [0.25, 0.3) is 0 Å². The first-order valence-corrected chi connectivity index (χ1v) is 7.51. The van der Waals surface area contributed by atoms with Gasteiger partial charge in [0.2, 0.25) is 15.9 Å². The van der Waals surface area contributed by atoms with Gasteiger partial charge in [-0.1, -0.05) is 24.6 Å². The lowest BCUT2D eigenvalue weighted by Crippen LogP contribution is -2.36. The summed E-state index contributed by atoms with van der Waals surface area (Å²) in [5, 5.41) is 0.277. The number of methoxy groups -OCH3 is 1. The number of amides is 1. The molecule has 0 aliphatic heterocycles. The van der Waals surface area contributed by atoms with E-state index in [1.807, 2.05) is 4.72 Å². The molecule has 1 aromatic rings. The molecule has 0 saturated carbocycles. The van der Waals surface area contributed by atoms with Gasteiger partial charge in [0.05, 0.1) is 18.3 Å². The number of halogens is 1. The van der Waals surface area contributed by atoms with Crippen molar-refractivity contribution in [1.29, 1.82) is 0 Å². The Morgan fingerprint density at radius 2 is 2.21 bits per heavy atom. The van der Waals surface area contributed by atoms with Crippen molar-refractivity contribution in [3.63, 3.8) is 0 Å². The second kappa shape index (κ2) is 6.83. The molecule has 8 heteroatoms. The number of nitrogens with zero attached hydrogens (tertiary/aromatic N) is 1. The summed E-state index contributed by atoms with van der Waals surface area (Å²) in [5.41, 5.74) is 0.448. The van der Waals surface area contributed by atoms with E-state index in [4.69, 9.17) is 16.3 Å². The predicted molar refractivity (Wildman–Crippen MR) is 71.1 cm³/mol. The average Bonchev–Trinajstić information content (AvgIpc) is 2.31. The highest BCUT2D eigenvalue weighted by atomic mass is 35.5. The van der Waals surface area contributed by atoms with Crippen LogP contribution in [0.15, 0.2) is 18.3 Å². The van der Waals surface area contributed by atoms with E-state index in [1.165, 1.54) is 25.4 Å². The smallest absolute Gasteiger partial charge is 0.239 e. The molecule has 0 aliphatic carbocycles. The molecule has 0 aliphatic rings. The summed E-state index contributed by atoms with van der Waals surface area (Å²) in [5.74, 6) is -1.46. The maximum atomic E-state index is 11.8. The minimum atomic E-state index is -3.75. The van der Waals surface area contributed by atoms with Crippen LogP contribution in [0, 0.1) is 5.92 Å². The van der Waals surface area contributed by atoms with Crippen molar-refractivity contribution < 1.29 is 17.9 Å². The number of ether oxygens (including phenoxy) is 1. The SMILES string of the molecule is COC[C@@H](C)C(=O)NS(=O)(=O)Cc1ccc(Cl)nc1. The molecule has 106 valence electrons. The van der Waals surface area contributed by atoms with E-state index in [1.54, 1.807) is 6.92 Å². The molecular weight excluding hydrogens is 292 g/mol. The van der Waals surface area contributed by atoms with Crippen LogP contribution in [-0.2, 0) is 25.3 Å². The molecule has 6 nitrogen and oxygen atoms in total. The van der Waals surface area contributed by atoms with Gasteiger partial charge in [0.25, 0.3) is 0 Å². The molecule has 0 aromatic carbocycles. The highest BCUT2D eigenvalue weighted by Crippen LogP contribution is 2.08. The molecule has 0 radical (unpaired) electrons. The van der Waals surface area contributed by atoms with Crippen molar-refractivity contribution in [3.8, 4) is 0 Å². The fraction of sp³-hybridized carbons (Fsp3) is 0.455. The molecule has 1 N–H and O–H groups in total. The van der Waals surface area contributed by atoms with Gasteiger partial charge in [-0.05, 0) is 11.6 Å². The van der Waals surface area contributed by atoms with Crippen molar-refractivity contribution in [2.45, 2.75) is 12.7 Å². The Balaban J connectivity index is 2.66. The quantitative estimate of drug-likeness (QED) is 0.791. The van der Waals surface area contributed by atoms with Gasteiger partial charge in [0, 0.05) is 13.3 Å². The van der Waals surface area contributed by atoms with E-state index in [-0.39, 0.29) is 17.5 Å². The molecule has 0 fully saturated rings. The van der Waals surface area contributed by atoms with E-state index in [2.05, 4.69) is 4.98 Å². The summed E-state index contributed by atoms with van der Waals surface area (Å²) < 4.78 is 30.3. The summed E-state index contributed by atoms with van der Waals surface area (Å²) in [6.45, 7) is 1.74. The molecule has 1 aromatic heterocycles. The van der Waals surface area contributed by atoms with Gasteiger partial charge in [0.15, 0.2) is 0 Å². The van der Waals surface area contributed by atoms with Crippen LogP contribution in [0.3, 0.4) is 0 Å². The third-order valence-electron chi connectivity index (χ3n) is 2.27. The monoisotopic (exact) mass is 306 g/mol. The number of pyridine rings is 1. The highest BCUT2D eigenvalue weighted by molar-refractivity contribution is 7.89.